The number of hydrogen-bond acceptors (Lipinski definition) is 4. The minimum absolute atomic E-state index is 0.715. The highest BCUT2D eigenvalue weighted by Crippen LogP contribution is 2.40. The van der Waals surface area contributed by atoms with Crippen LogP contribution in [0.5, 0.6) is 0 Å². The molecular weight excluding hydrogens is 320 g/mol. The topological polar surface area (TPSA) is 36.1 Å². The lowest BCUT2D eigenvalue weighted by Gasteiger charge is -2.17. The average molecular weight is 336 g/mol. The fourth-order valence-electron chi connectivity index (χ4n) is 3.13. The van der Waals surface area contributed by atoms with Gasteiger partial charge in [0.25, 0.3) is 0 Å². The molecule has 2 heterocycles. The molecule has 4 heteroatoms. The third-order valence-corrected chi connectivity index (χ3v) is 6.57. The summed E-state index contributed by atoms with van der Waals surface area (Å²) in [5.74, 6) is 0.715. The molecule has 0 radical (unpaired) electrons. The molecule has 1 atom stereocenters. The van der Waals surface area contributed by atoms with Crippen molar-refractivity contribution in [1.29, 1.82) is 5.26 Å². The van der Waals surface area contributed by atoms with Crippen molar-refractivity contribution in [2.45, 2.75) is 26.2 Å². The number of nitriles is 1. The van der Waals surface area contributed by atoms with Crippen LogP contribution < -0.4 is 0 Å². The van der Waals surface area contributed by atoms with Crippen molar-refractivity contribution in [3.05, 3.63) is 51.2 Å². The Balaban J connectivity index is 1.69. The van der Waals surface area contributed by atoms with Gasteiger partial charge in [0.2, 0.25) is 0 Å². The van der Waals surface area contributed by atoms with Gasteiger partial charge >= 0.3 is 0 Å². The van der Waals surface area contributed by atoms with Crippen LogP contribution >= 0.6 is 22.7 Å². The molecule has 1 unspecified atom stereocenters. The number of rotatable bonds is 2. The second-order valence-corrected chi connectivity index (χ2v) is 8.29. The van der Waals surface area contributed by atoms with Crippen LogP contribution in [-0.2, 0) is 12.8 Å². The Hall–Kier alpha value is -1.96. The number of hydrogen-bond donors (Lipinski definition) is 0. The Morgan fingerprint density at radius 3 is 3.00 bits per heavy atom. The van der Waals surface area contributed by atoms with Gasteiger partial charge in [-0.25, -0.2) is 4.99 Å². The van der Waals surface area contributed by atoms with Crippen molar-refractivity contribution in [1.82, 2.24) is 0 Å². The fourth-order valence-corrected chi connectivity index (χ4v) is 5.37. The molecule has 23 heavy (non-hydrogen) atoms. The highest BCUT2D eigenvalue weighted by Gasteiger charge is 2.23. The maximum atomic E-state index is 9.53. The Bertz CT molecular complexity index is 907. The van der Waals surface area contributed by atoms with Crippen LogP contribution in [0.3, 0.4) is 0 Å². The molecule has 2 nitrogen and oxygen atoms in total. The molecule has 4 rings (SSSR count). The predicted octanol–water partition coefficient (Wildman–Crippen LogP) is 5.71. The lowest BCUT2D eigenvalue weighted by molar-refractivity contribution is 0.507. The van der Waals surface area contributed by atoms with Gasteiger partial charge in [-0.15, -0.1) is 22.7 Å². The van der Waals surface area contributed by atoms with Gasteiger partial charge in [0.15, 0.2) is 0 Å². The molecule has 0 saturated heterocycles. The molecule has 0 fully saturated rings. The van der Waals surface area contributed by atoms with E-state index in [2.05, 4.69) is 48.3 Å². The van der Waals surface area contributed by atoms with Crippen molar-refractivity contribution < 1.29 is 0 Å². The van der Waals surface area contributed by atoms with Crippen molar-refractivity contribution in [3.8, 4) is 6.07 Å². The van der Waals surface area contributed by atoms with Gasteiger partial charge in [-0.1, -0.05) is 25.1 Å². The zero-order chi connectivity index (χ0) is 15.8. The minimum atomic E-state index is 0.715. The lowest BCUT2D eigenvalue weighted by atomic mass is 9.89. The molecule has 2 aromatic heterocycles. The van der Waals surface area contributed by atoms with Gasteiger partial charge < -0.3 is 0 Å². The Labute approximate surface area is 143 Å². The van der Waals surface area contributed by atoms with Crippen molar-refractivity contribution in [3.63, 3.8) is 0 Å². The molecule has 0 bridgehead atoms. The normalized spacial score (nSPS) is 17.5. The van der Waals surface area contributed by atoms with E-state index in [1.165, 1.54) is 26.9 Å². The van der Waals surface area contributed by atoms with E-state index in [4.69, 9.17) is 0 Å². The van der Waals surface area contributed by atoms with Gasteiger partial charge in [-0.3, -0.25) is 0 Å². The van der Waals surface area contributed by atoms with E-state index in [1.807, 2.05) is 6.21 Å². The molecule has 0 N–H and O–H groups in total. The van der Waals surface area contributed by atoms with E-state index < -0.39 is 0 Å². The minimum Gasteiger partial charge on any atom is -0.243 e. The molecule has 1 aromatic carbocycles. The summed E-state index contributed by atoms with van der Waals surface area (Å²) in [5, 5.41) is 11.7. The maximum absolute atomic E-state index is 9.53. The zero-order valence-corrected chi connectivity index (χ0v) is 14.5. The van der Waals surface area contributed by atoms with Crippen LogP contribution in [-0.4, -0.2) is 6.21 Å². The molecule has 0 aliphatic heterocycles. The number of benzene rings is 1. The second kappa shape index (κ2) is 5.92. The third kappa shape index (κ3) is 2.71. The molecule has 0 amide bonds. The average Bonchev–Trinajstić information content (AvgIpc) is 3.12. The van der Waals surface area contributed by atoms with Crippen molar-refractivity contribution in [2.24, 2.45) is 10.9 Å². The summed E-state index contributed by atoms with van der Waals surface area (Å²) in [4.78, 5) is 7.15. The van der Waals surface area contributed by atoms with Crippen molar-refractivity contribution >= 4 is 44.0 Å². The summed E-state index contributed by atoms with van der Waals surface area (Å²) < 4.78 is 1.27. The highest BCUT2D eigenvalue weighted by atomic mass is 32.1. The van der Waals surface area contributed by atoms with E-state index >= 15 is 0 Å². The predicted molar refractivity (Wildman–Crippen MR) is 99.3 cm³/mol. The fraction of sp³-hybridized carbons (Fsp3) is 0.263. The first kappa shape index (κ1) is 14.6. The molecular formula is C19H16N2S2. The Morgan fingerprint density at radius 2 is 2.17 bits per heavy atom. The first-order chi connectivity index (χ1) is 11.2. The van der Waals surface area contributed by atoms with Crippen LogP contribution in [0.4, 0.5) is 5.00 Å². The van der Waals surface area contributed by atoms with Crippen LogP contribution in [0.2, 0.25) is 0 Å². The summed E-state index contributed by atoms with van der Waals surface area (Å²) >= 11 is 3.44. The van der Waals surface area contributed by atoms with Crippen LogP contribution in [0.1, 0.15) is 34.2 Å². The molecule has 1 aliphatic carbocycles. The van der Waals surface area contributed by atoms with E-state index in [9.17, 15) is 5.26 Å². The monoisotopic (exact) mass is 336 g/mol. The Morgan fingerprint density at radius 1 is 1.30 bits per heavy atom. The van der Waals surface area contributed by atoms with Gasteiger partial charge in [0.1, 0.15) is 11.1 Å². The number of nitrogens with zero attached hydrogens (tertiary/aromatic N) is 2. The lowest BCUT2D eigenvalue weighted by Crippen LogP contribution is -2.09. The molecule has 114 valence electrons. The summed E-state index contributed by atoms with van der Waals surface area (Å²) in [6.45, 7) is 2.29. The summed E-state index contributed by atoms with van der Waals surface area (Å²) in [7, 11) is 0. The van der Waals surface area contributed by atoms with Gasteiger partial charge in [0, 0.05) is 20.7 Å². The van der Waals surface area contributed by atoms with Crippen LogP contribution in [0.15, 0.2) is 35.3 Å². The standard InChI is InChI=1S/C19H16N2S2/c1-12-6-7-15-16(10-20)19(23-18(15)8-12)21-11-14-9-13-4-2-3-5-17(13)22-14/h2-5,9,11-12H,6-8H2,1H3/b21-11+. The zero-order valence-electron chi connectivity index (χ0n) is 12.9. The summed E-state index contributed by atoms with van der Waals surface area (Å²) in [5.41, 5.74) is 2.05. The molecule has 0 spiro atoms. The largest absolute Gasteiger partial charge is 0.243 e. The molecule has 3 aromatic rings. The smallest absolute Gasteiger partial charge is 0.134 e. The third-order valence-electron chi connectivity index (χ3n) is 4.36. The van der Waals surface area contributed by atoms with Crippen LogP contribution in [0, 0.1) is 17.2 Å². The molecule has 0 saturated carbocycles. The second-order valence-electron chi connectivity index (χ2n) is 6.09. The van der Waals surface area contributed by atoms with E-state index in [1.54, 1.807) is 22.7 Å². The van der Waals surface area contributed by atoms with Crippen molar-refractivity contribution in [2.75, 3.05) is 0 Å². The van der Waals surface area contributed by atoms with E-state index in [-0.39, 0.29) is 0 Å². The first-order valence-electron chi connectivity index (χ1n) is 7.82. The highest BCUT2D eigenvalue weighted by molar-refractivity contribution is 7.20. The summed E-state index contributed by atoms with van der Waals surface area (Å²) in [6, 6.07) is 12.9. The van der Waals surface area contributed by atoms with Gasteiger partial charge in [0.05, 0.1) is 5.56 Å². The number of thiophene rings is 2. The van der Waals surface area contributed by atoms with Crippen LogP contribution in [0.25, 0.3) is 10.1 Å². The first-order valence-corrected chi connectivity index (χ1v) is 9.45. The number of aliphatic imine (C=N–C) groups is 1. The van der Waals surface area contributed by atoms with Gasteiger partial charge in [-0.2, -0.15) is 5.26 Å². The molecule has 1 aliphatic rings. The van der Waals surface area contributed by atoms with E-state index in [0.717, 1.165) is 28.3 Å². The SMILES string of the molecule is CC1CCc2c(sc(/N=C/c3cc4ccccc4s3)c2C#N)C1. The maximum Gasteiger partial charge on any atom is 0.134 e. The summed E-state index contributed by atoms with van der Waals surface area (Å²) in [6.07, 6.45) is 5.20. The quantitative estimate of drug-likeness (QED) is 0.552. The number of fused-ring (bicyclic) bond motifs is 2. The Kier molecular flexibility index (Phi) is 3.76. The van der Waals surface area contributed by atoms with E-state index in [0.29, 0.717) is 5.92 Å². The van der Waals surface area contributed by atoms with Gasteiger partial charge in [-0.05, 0) is 48.3 Å².